The lowest BCUT2D eigenvalue weighted by molar-refractivity contribution is -0.135. The molecule has 0 bridgehead atoms. The summed E-state index contributed by atoms with van der Waals surface area (Å²) in [5.74, 6) is 0.267. The highest BCUT2D eigenvalue weighted by Crippen LogP contribution is 2.31. The molecule has 4 heteroatoms. The van der Waals surface area contributed by atoms with Gasteiger partial charge in [0, 0.05) is 31.9 Å². The van der Waals surface area contributed by atoms with Gasteiger partial charge in [-0.3, -0.25) is 9.78 Å². The van der Waals surface area contributed by atoms with E-state index >= 15 is 0 Å². The van der Waals surface area contributed by atoms with Gasteiger partial charge in [-0.05, 0) is 68.6 Å². The molecular weight excluding hydrogens is 322 g/mol. The second-order valence-corrected chi connectivity index (χ2v) is 7.43. The molecule has 1 atom stereocenters. The molecule has 1 aliphatic heterocycles. The molecule has 1 saturated heterocycles. The van der Waals surface area contributed by atoms with E-state index in [0.29, 0.717) is 6.42 Å². The van der Waals surface area contributed by atoms with Gasteiger partial charge in [-0.1, -0.05) is 24.3 Å². The van der Waals surface area contributed by atoms with Crippen LogP contribution < -0.4 is 0 Å². The Labute approximate surface area is 156 Å². The number of pyridine rings is 1. The normalized spacial score (nSPS) is 17.5. The standard InChI is InChI=1S/C22H29N3O/c1-24(2)17-19-6-9-20(10-7-19)21-5-3-4-16-25(21)22(26)11-8-18-12-14-23-15-13-18/h6-7,9-10,12-15,21H,3-5,8,11,16-17H2,1-2H3. The Hall–Kier alpha value is -2.20. The van der Waals surface area contributed by atoms with Gasteiger partial charge in [-0.2, -0.15) is 0 Å². The lowest BCUT2D eigenvalue weighted by Gasteiger charge is -2.36. The van der Waals surface area contributed by atoms with Gasteiger partial charge in [0.15, 0.2) is 0 Å². The summed E-state index contributed by atoms with van der Waals surface area (Å²) in [7, 11) is 4.16. The molecule has 0 aliphatic carbocycles. The topological polar surface area (TPSA) is 36.4 Å². The van der Waals surface area contributed by atoms with Gasteiger partial charge >= 0.3 is 0 Å². The van der Waals surface area contributed by atoms with E-state index < -0.39 is 0 Å². The van der Waals surface area contributed by atoms with Crippen molar-refractivity contribution in [3.63, 3.8) is 0 Å². The highest BCUT2D eigenvalue weighted by atomic mass is 16.2. The molecule has 1 aliphatic rings. The molecule has 138 valence electrons. The van der Waals surface area contributed by atoms with Crippen LogP contribution in [0.2, 0.25) is 0 Å². The molecule has 0 radical (unpaired) electrons. The van der Waals surface area contributed by atoms with Crippen molar-refractivity contribution in [2.75, 3.05) is 20.6 Å². The van der Waals surface area contributed by atoms with E-state index in [1.807, 2.05) is 12.1 Å². The van der Waals surface area contributed by atoms with Crippen molar-refractivity contribution in [3.8, 4) is 0 Å². The van der Waals surface area contributed by atoms with Gasteiger partial charge in [0.2, 0.25) is 5.91 Å². The van der Waals surface area contributed by atoms with Gasteiger partial charge in [0.05, 0.1) is 6.04 Å². The number of aryl methyl sites for hydroxylation is 1. The van der Waals surface area contributed by atoms with Crippen molar-refractivity contribution < 1.29 is 4.79 Å². The number of benzene rings is 1. The largest absolute Gasteiger partial charge is 0.336 e. The SMILES string of the molecule is CN(C)Cc1ccc(C2CCCCN2C(=O)CCc2ccncc2)cc1. The summed E-state index contributed by atoms with van der Waals surface area (Å²) in [4.78, 5) is 21.2. The number of carbonyl (C=O) groups is 1. The Bertz CT molecular complexity index is 697. The minimum absolute atomic E-state index is 0.224. The number of piperidine rings is 1. The van der Waals surface area contributed by atoms with Crippen molar-refractivity contribution in [2.45, 2.75) is 44.7 Å². The Morgan fingerprint density at radius 1 is 1.08 bits per heavy atom. The van der Waals surface area contributed by atoms with Crippen molar-refractivity contribution in [3.05, 3.63) is 65.5 Å². The average Bonchev–Trinajstić information content (AvgIpc) is 2.67. The van der Waals surface area contributed by atoms with Crippen molar-refractivity contribution >= 4 is 5.91 Å². The average molecular weight is 351 g/mol. The molecule has 0 saturated carbocycles. The van der Waals surface area contributed by atoms with Crippen LogP contribution in [0.25, 0.3) is 0 Å². The fourth-order valence-electron chi connectivity index (χ4n) is 3.73. The smallest absolute Gasteiger partial charge is 0.223 e. The summed E-state index contributed by atoms with van der Waals surface area (Å²) in [5, 5.41) is 0. The van der Waals surface area contributed by atoms with E-state index in [1.165, 1.54) is 23.1 Å². The zero-order valence-corrected chi connectivity index (χ0v) is 15.9. The van der Waals surface area contributed by atoms with Gasteiger partial charge < -0.3 is 9.80 Å². The number of hydrogen-bond acceptors (Lipinski definition) is 3. The zero-order chi connectivity index (χ0) is 18.4. The van der Waals surface area contributed by atoms with Crippen LogP contribution in [0.4, 0.5) is 0 Å². The molecule has 4 nitrogen and oxygen atoms in total. The maximum absolute atomic E-state index is 12.9. The van der Waals surface area contributed by atoms with Crippen molar-refractivity contribution in [1.29, 1.82) is 0 Å². The second-order valence-electron chi connectivity index (χ2n) is 7.43. The molecule has 0 spiro atoms. The molecular formula is C22H29N3O. The minimum Gasteiger partial charge on any atom is -0.336 e. The third-order valence-electron chi connectivity index (χ3n) is 5.06. The summed E-state index contributed by atoms with van der Waals surface area (Å²) >= 11 is 0. The summed E-state index contributed by atoms with van der Waals surface area (Å²) in [6.45, 7) is 1.82. The first-order chi connectivity index (χ1) is 12.6. The van der Waals surface area contributed by atoms with E-state index in [1.54, 1.807) is 12.4 Å². The minimum atomic E-state index is 0.224. The van der Waals surface area contributed by atoms with Crippen LogP contribution in [0.5, 0.6) is 0 Å². The van der Waals surface area contributed by atoms with Gasteiger partial charge in [-0.15, -0.1) is 0 Å². The second kappa shape index (κ2) is 8.95. The third-order valence-corrected chi connectivity index (χ3v) is 5.06. The molecule has 1 aromatic heterocycles. The first-order valence-electron chi connectivity index (χ1n) is 9.55. The third kappa shape index (κ3) is 4.92. The molecule has 1 aromatic carbocycles. The van der Waals surface area contributed by atoms with Crippen LogP contribution in [0, 0.1) is 0 Å². The van der Waals surface area contributed by atoms with Crippen LogP contribution >= 0.6 is 0 Å². The van der Waals surface area contributed by atoms with Crippen LogP contribution in [0.15, 0.2) is 48.8 Å². The van der Waals surface area contributed by atoms with Crippen LogP contribution in [0.3, 0.4) is 0 Å². The summed E-state index contributed by atoms with van der Waals surface area (Å²) < 4.78 is 0. The van der Waals surface area contributed by atoms with Crippen molar-refractivity contribution in [1.82, 2.24) is 14.8 Å². The number of hydrogen-bond donors (Lipinski definition) is 0. The fourth-order valence-corrected chi connectivity index (χ4v) is 3.73. The first-order valence-corrected chi connectivity index (χ1v) is 9.55. The van der Waals surface area contributed by atoms with Gasteiger partial charge in [-0.25, -0.2) is 0 Å². The number of nitrogens with zero attached hydrogens (tertiary/aromatic N) is 3. The van der Waals surface area contributed by atoms with E-state index in [2.05, 4.69) is 53.1 Å². The Balaban J connectivity index is 1.66. The quantitative estimate of drug-likeness (QED) is 0.794. The summed E-state index contributed by atoms with van der Waals surface area (Å²) in [6.07, 6.45) is 8.30. The monoisotopic (exact) mass is 351 g/mol. The molecule has 0 N–H and O–H groups in total. The maximum atomic E-state index is 12.9. The number of likely N-dealkylation sites (tertiary alicyclic amines) is 1. The maximum Gasteiger partial charge on any atom is 0.223 e. The van der Waals surface area contributed by atoms with Crippen LogP contribution in [-0.4, -0.2) is 41.3 Å². The molecule has 1 fully saturated rings. The Morgan fingerprint density at radius 3 is 2.50 bits per heavy atom. The predicted molar refractivity (Wildman–Crippen MR) is 105 cm³/mol. The summed E-state index contributed by atoms with van der Waals surface area (Å²) in [5.41, 5.74) is 3.75. The number of rotatable bonds is 6. The van der Waals surface area contributed by atoms with Crippen molar-refractivity contribution in [2.24, 2.45) is 0 Å². The Morgan fingerprint density at radius 2 is 1.81 bits per heavy atom. The molecule has 1 amide bonds. The number of amides is 1. The Kier molecular flexibility index (Phi) is 6.40. The highest BCUT2D eigenvalue weighted by Gasteiger charge is 2.27. The van der Waals surface area contributed by atoms with E-state index in [0.717, 1.165) is 32.4 Å². The van der Waals surface area contributed by atoms with Crippen LogP contribution in [-0.2, 0) is 17.8 Å². The van der Waals surface area contributed by atoms with E-state index in [-0.39, 0.29) is 11.9 Å². The molecule has 26 heavy (non-hydrogen) atoms. The van der Waals surface area contributed by atoms with Gasteiger partial charge in [0.1, 0.15) is 0 Å². The molecule has 1 unspecified atom stereocenters. The zero-order valence-electron chi connectivity index (χ0n) is 15.9. The summed E-state index contributed by atoms with van der Waals surface area (Å²) in [6, 6.07) is 13.0. The van der Waals surface area contributed by atoms with E-state index in [9.17, 15) is 4.79 Å². The van der Waals surface area contributed by atoms with E-state index in [4.69, 9.17) is 0 Å². The predicted octanol–water partition coefficient (Wildman–Crippen LogP) is 3.83. The molecule has 3 rings (SSSR count). The lowest BCUT2D eigenvalue weighted by Crippen LogP contribution is -2.38. The van der Waals surface area contributed by atoms with Crippen LogP contribution in [0.1, 0.15) is 48.4 Å². The highest BCUT2D eigenvalue weighted by molar-refractivity contribution is 5.77. The lowest BCUT2D eigenvalue weighted by atomic mass is 9.94. The fraction of sp³-hybridized carbons (Fsp3) is 0.455. The number of carbonyl (C=O) groups excluding carboxylic acids is 1. The van der Waals surface area contributed by atoms with Gasteiger partial charge in [0.25, 0.3) is 0 Å². The first kappa shape index (κ1) is 18.6. The molecule has 2 heterocycles. The number of aromatic nitrogens is 1. The molecule has 2 aromatic rings.